The number of hydrogen-bond donors (Lipinski definition) is 2. The van der Waals surface area contributed by atoms with Crippen molar-refractivity contribution in [3.63, 3.8) is 0 Å². The standard InChI is InChI=1S/C17H18N5O5P/c1-10-7-12(8-25-28(24)27-11-5-3-2-4-6-11)26-16(10)22-9-19-13-14(22)20-17(18)21-15(13)23/h2-6,9-10,12,16H,7-8H2,1H3,(H2-,18,20,21,23)/p+1/t10-,12-,16?/m0/s1. The molecule has 3 heterocycles. The van der Waals surface area contributed by atoms with Crippen molar-refractivity contribution in [1.82, 2.24) is 19.5 Å². The normalized spacial score (nSPS) is 22.5. The van der Waals surface area contributed by atoms with Gasteiger partial charge in [0.05, 0.1) is 12.4 Å². The molecule has 0 amide bonds. The molecule has 3 aromatic rings. The number of anilines is 1. The van der Waals surface area contributed by atoms with Gasteiger partial charge in [0.1, 0.15) is 12.8 Å². The van der Waals surface area contributed by atoms with Crippen molar-refractivity contribution in [2.24, 2.45) is 5.92 Å². The van der Waals surface area contributed by atoms with E-state index in [9.17, 15) is 9.36 Å². The number of nitrogens with one attached hydrogen (secondary N) is 1. The molecule has 10 nitrogen and oxygen atoms in total. The molecular weight excluding hydrogens is 385 g/mol. The fourth-order valence-electron chi connectivity index (χ4n) is 3.23. The predicted molar refractivity (Wildman–Crippen MR) is 101 cm³/mol. The number of imidazole rings is 1. The van der Waals surface area contributed by atoms with Gasteiger partial charge in [0.25, 0.3) is 5.56 Å². The fraction of sp³-hybridized carbons (Fsp3) is 0.353. The summed E-state index contributed by atoms with van der Waals surface area (Å²) in [4.78, 5) is 22.6. The van der Waals surface area contributed by atoms with E-state index >= 15 is 0 Å². The van der Waals surface area contributed by atoms with Crippen molar-refractivity contribution in [1.29, 1.82) is 0 Å². The Morgan fingerprint density at radius 2 is 2.18 bits per heavy atom. The molecule has 28 heavy (non-hydrogen) atoms. The molecular formula is C17H19N5O5P+. The largest absolute Gasteiger partial charge is 0.750 e. The van der Waals surface area contributed by atoms with Gasteiger partial charge in [-0.2, -0.15) is 4.98 Å². The molecule has 11 heteroatoms. The average molecular weight is 404 g/mol. The van der Waals surface area contributed by atoms with Crippen molar-refractivity contribution >= 4 is 25.4 Å². The van der Waals surface area contributed by atoms with Crippen LogP contribution in [0, 0.1) is 5.92 Å². The highest BCUT2D eigenvalue weighted by Crippen LogP contribution is 2.37. The van der Waals surface area contributed by atoms with Crippen LogP contribution in [0.2, 0.25) is 0 Å². The minimum atomic E-state index is -2.31. The zero-order chi connectivity index (χ0) is 19.7. The van der Waals surface area contributed by atoms with Crippen LogP contribution in [-0.2, 0) is 13.8 Å². The number of fused-ring (bicyclic) bond motifs is 1. The summed E-state index contributed by atoms with van der Waals surface area (Å²) in [5, 5.41) is 0. The van der Waals surface area contributed by atoms with Crippen LogP contribution in [0.1, 0.15) is 19.6 Å². The van der Waals surface area contributed by atoms with Gasteiger partial charge in [-0.05, 0) is 18.6 Å². The maximum Gasteiger partial charge on any atom is 0.750 e. The smallest absolute Gasteiger partial charge is 0.369 e. The number of nitrogens with zero attached hydrogens (tertiary/aromatic N) is 3. The molecule has 1 saturated heterocycles. The summed E-state index contributed by atoms with van der Waals surface area (Å²) in [7, 11) is -2.31. The first kappa shape index (κ1) is 18.5. The first-order chi connectivity index (χ1) is 13.5. The molecule has 0 spiro atoms. The Morgan fingerprint density at radius 1 is 1.39 bits per heavy atom. The number of hydrogen-bond acceptors (Lipinski definition) is 8. The second-order valence-corrected chi connectivity index (χ2v) is 7.45. The van der Waals surface area contributed by atoms with E-state index in [4.69, 9.17) is 19.5 Å². The third kappa shape index (κ3) is 3.75. The highest BCUT2D eigenvalue weighted by molar-refractivity contribution is 7.33. The van der Waals surface area contributed by atoms with Crippen molar-refractivity contribution < 1.29 is 18.3 Å². The molecule has 4 rings (SSSR count). The highest BCUT2D eigenvalue weighted by atomic mass is 31.1. The molecule has 0 radical (unpaired) electrons. The predicted octanol–water partition coefficient (Wildman–Crippen LogP) is 2.38. The lowest BCUT2D eigenvalue weighted by molar-refractivity contribution is -0.0253. The Kier molecular flexibility index (Phi) is 5.08. The number of aromatic nitrogens is 4. The number of ether oxygens (including phenoxy) is 1. The lowest BCUT2D eigenvalue weighted by atomic mass is 10.1. The third-order valence-electron chi connectivity index (χ3n) is 4.47. The third-order valence-corrected chi connectivity index (χ3v) is 5.19. The van der Waals surface area contributed by atoms with Crippen molar-refractivity contribution in [2.45, 2.75) is 25.7 Å². The molecule has 0 aliphatic carbocycles. The van der Waals surface area contributed by atoms with Gasteiger partial charge in [0.15, 0.2) is 16.9 Å². The zero-order valence-corrected chi connectivity index (χ0v) is 15.9. The Balaban J connectivity index is 1.41. The highest BCUT2D eigenvalue weighted by Gasteiger charge is 2.37. The number of para-hydroxylation sites is 1. The van der Waals surface area contributed by atoms with Crippen molar-refractivity contribution in [3.8, 4) is 5.75 Å². The quantitative estimate of drug-likeness (QED) is 0.598. The van der Waals surface area contributed by atoms with Crippen molar-refractivity contribution in [2.75, 3.05) is 12.3 Å². The molecule has 1 fully saturated rings. The molecule has 2 aromatic heterocycles. The summed E-state index contributed by atoms with van der Waals surface area (Å²) in [5.41, 5.74) is 5.80. The second-order valence-electron chi connectivity index (χ2n) is 6.56. The van der Waals surface area contributed by atoms with Gasteiger partial charge in [-0.1, -0.05) is 25.1 Å². The Hall–Kier alpha value is -2.81. The van der Waals surface area contributed by atoms with Crippen LogP contribution in [0.15, 0.2) is 41.5 Å². The van der Waals surface area contributed by atoms with Crippen molar-refractivity contribution in [3.05, 3.63) is 47.0 Å². The summed E-state index contributed by atoms with van der Waals surface area (Å²) in [6.07, 6.45) is 1.52. The van der Waals surface area contributed by atoms with E-state index in [0.717, 1.165) is 0 Å². The van der Waals surface area contributed by atoms with E-state index in [0.29, 0.717) is 17.8 Å². The summed E-state index contributed by atoms with van der Waals surface area (Å²) in [5.74, 6) is 0.585. The van der Waals surface area contributed by atoms with Crippen LogP contribution < -0.4 is 15.8 Å². The molecule has 0 bridgehead atoms. The maximum atomic E-state index is 12.0. The SMILES string of the molecule is C[C@H]1C[C@@H](CO[P+](=O)Oc2ccccc2)OC1n1cnc2c(=O)[nH]c(N)nc21. The van der Waals surface area contributed by atoms with E-state index in [2.05, 4.69) is 15.0 Å². The van der Waals surface area contributed by atoms with Crippen LogP contribution >= 0.6 is 8.25 Å². The summed E-state index contributed by atoms with van der Waals surface area (Å²) >= 11 is 0. The molecule has 146 valence electrons. The molecule has 1 aliphatic rings. The van der Waals surface area contributed by atoms with Crippen LogP contribution in [-0.4, -0.2) is 32.2 Å². The summed E-state index contributed by atoms with van der Waals surface area (Å²) in [6, 6.07) is 8.81. The van der Waals surface area contributed by atoms with E-state index in [-0.39, 0.29) is 36.3 Å². The maximum absolute atomic E-state index is 12.0. The van der Waals surface area contributed by atoms with Crippen LogP contribution in [0.5, 0.6) is 5.75 Å². The van der Waals surface area contributed by atoms with Gasteiger partial charge >= 0.3 is 8.25 Å². The second kappa shape index (κ2) is 7.67. The number of H-pyrrole nitrogens is 1. The number of nitrogens with two attached hydrogens (primary N) is 1. The average Bonchev–Trinajstić information content (AvgIpc) is 3.24. The number of aromatic amines is 1. The minimum Gasteiger partial charge on any atom is -0.369 e. The number of nitrogen functional groups attached to an aromatic ring is 1. The first-order valence-corrected chi connectivity index (χ1v) is 9.82. The van der Waals surface area contributed by atoms with Crippen LogP contribution in [0.4, 0.5) is 5.95 Å². The first-order valence-electron chi connectivity index (χ1n) is 8.72. The monoisotopic (exact) mass is 404 g/mol. The van der Waals surface area contributed by atoms with Crippen LogP contribution in [0.25, 0.3) is 11.2 Å². The van der Waals surface area contributed by atoms with Crippen LogP contribution in [0.3, 0.4) is 0 Å². The Morgan fingerprint density at radius 3 is 2.96 bits per heavy atom. The topological polar surface area (TPSA) is 134 Å². The summed E-state index contributed by atoms with van der Waals surface area (Å²) < 4.78 is 30.2. The van der Waals surface area contributed by atoms with E-state index in [1.54, 1.807) is 28.8 Å². The van der Waals surface area contributed by atoms with E-state index in [1.165, 1.54) is 6.33 Å². The molecule has 1 aromatic carbocycles. The summed E-state index contributed by atoms with van der Waals surface area (Å²) in [6.45, 7) is 2.12. The van der Waals surface area contributed by atoms with E-state index < -0.39 is 13.8 Å². The lowest BCUT2D eigenvalue weighted by Crippen LogP contribution is -2.17. The fourth-order valence-corrected chi connectivity index (χ4v) is 3.87. The van der Waals surface area contributed by atoms with Gasteiger partial charge in [0, 0.05) is 10.5 Å². The minimum absolute atomic E-state index is 0.0137. The Bertz CT molecular complexity index is 1050. The lowest BCUT2D eigenvalue weighted by Gasteiger charge is -2.17. The number of benzene rings is 1. The number of rotatable bonds is 6. The molecule has 1 aliphatic heterocycles. The molecule has 4 atom stereocenters. The molecule has 3 N–H and O–H groups in total. The molecule has 2 unspecified atom stereocenters. The van der Waals surface area contributed by atoms with Gasteiger partial charge in [-0.15, -0.1) is 4.52 Å². The zero-order valence-electron chi connectivity index (χ0n) is 15.0. The van der Waals surface area contributed by atoms with E-state index in [1.807, 2.05) is 13.0 Å². The van der Waals surface area contributed by atoms with Gasteiger partial charge in [-0.3, -0.25) is 14.3 Å². The van der Waals surface area contributed by atoms with Gasteiger partial charge in [-0.25, -0.2) is 9.51 Å². The van der Waals surface area contributed by atoms with Gasteiger partial charge < -0.3 is 10.5 Å². The Labute approximate surface area is 160 Å². The van der Waals surface area contributed by atoms with Gasteiger partial charge in [0.2, 0.25) is 5.95 Å². The molecule has 0 saturated carbocycles.